The quantitative estimate of drug-likeness (QED) is 0.415. The van der Waals surface area contributed by atoms with Gasteiger partial charge in [-0.3, -0.25) is 0 Å². The first-order chi connectivity index (χ1) is 13.5. The Morgan fingerprint density at radius 2 is 1.68 bits per heavy atom. The molecule has 0 atom stereocenters. The number of rotatable bonds is 8. The number of benzene rings is 3. The lowest BCUT2D eigenvalue weighted by Gasteiger charge is -2.13. The van der Waals surface area contributed by atoms with Crippen molar-refractivity contribution in [3.8, 4) is 11.5 Å². The van der Waals surface area contributed by atoms with Crippen LogP contribution in [-0.2, 0) is 4.79 Å². The molecule has 3 aromatic carbocycles. The van der Waals surface area contributed by atoms with Crippen LogP contribution >= 0.6 is 0 Å². The molecule has 28 heavy (non-hydrogen) atoms. The summed E-state index contributed by atoms with van der Waals surface area (Å²) in [6, 6.07) is 19.7. The molecule has 0 saturated carbocycles. The highest BCUT2D eigenvalue weighted by molar-refractivity contribution is 5.96. The fourth-order valence-corrected chi connectivity index (χ4v) is 2.99. The standard InChI is InChI=1S/C24H24O4/c1-17(2)18-7-10-20(11-8-18)27-15-16-28-23-13-9-19-5-3-4-6-21(19)22(23)12-14-24(25)26/h3-14,17H,15-16H2,1-2H3,(H,25,26). The minimum absolute atomic E-state index is 0.359. The van der Waals surface area contributed by atoms with Gasteiger partial charge in [0.15, 0.2) is 0 Å². The van der Waals surface area contributed by atoms with Crippen molar-refractivity contribution < 1.29 is 19.4 Å². The van der Waals surface area contributed by atoms with Gasteiger partial charge in [-0.05, 0) is 46.5 Å². The zero-order valence-electron chi connectivity index (χ0n) is 16.1. The highest BCUT2D eigenvalue weighted by Gasteiger charge is 2.07. The summed E-state index contributed by atoms with van der Waals surface area (Å²) in [4.78, 5) is 11.0. The predicted octanol–water partition coefficient (Wildman–Crippen LogP) is 5.52. The summed E-state index contributed by atoms with van der Waals surface area (Å²) < 4.78 is 11.6. The molecule has 0 aliphatic carbocycles. The number of hydrogen-bond acceptors (Lipinski definition) is 3. The van der Waals surface area contributed by atoms with Crippen LogP contribution in [-0.4, -0.2) is 24.3 Å². The highest BCUT2D eigenvalue weighted by Crippen LogP contribution is 2.29. The number of carbonyl (C=O) groups is 1. The van der Waals surface area contributed by atoms with Gasteiger partial charge in [0, 0.05) is 11.6 Å². The van der Waals surface area contributed by atoms with E-state index in [2.05, 4.69) is 26.0 Å². The zero-order valence-corrected chi connectivity index (χ0v) is 16.1. The first-order valence-corrected chi connectivity index (χ1v) is 9.33. The lowest BCUT2D eigenvalue weighted by atomic mass is 10.0. The third-order valence-corrected chi connectivity index (χ3v) is 4.48. The van der Waals surface area contributed by atoms with E-state index >= 15 is 0 Å². The molecule has 0 fully saturated rings. The van der Waals surface area contributed by atoms with Gasteiger partial charge in [-0.1, -0.05) is 56.3 Å². The summed E-state index contributed by atoms with van der Waals surface area (Å²) in [5, 5.41) is 11.0. The van der Waals surface area contributed by atoms with Crippen LogP contribution in [0.1, 0.15) is 30.9 Å². The fraction of sp³-hybridized carbons (Fsp3) is 0.208. The minimum atomic E-state index is -0.993. The Labute approximate surface area is 165 Å². The molecule has 0 aliphatic rings. The van der Waals surface area contributed by atoms with Crippen LogP contribution in [0, 0.1) is 0 Å². The van der Waals surface area contributed by atoms with Crippen LogP contribution in [0.4, 0.5) is 0 Å². The number of carboxylic acid groups (broad SMARTS) is 1. The van der Waals surface area contributed by atoms with Crippen molar-refractivity contribution in [2.75, 3.05) is 13.2 Å². The third-order valence-electron chi connectivity index (χ3n) is 4.48. The molecule has 0 bridgehead atoms. The molecule has 144 valence electrons. The lowest BCUT2D eigenvalue weighted by molar-refractivity contribution is -0.131. The van der Waals surface area contributed by atoms with Crippen LogP contribution in [0.25, 0.3) is 16.8 Å². The van der Waals surface area contributed by atoms with Gasteiger partial charge in [-0.15, -0.1) is 0 Å². The molecule has 3 aromatic rings. The van der Waals surface area contributed by atoms with Crippen molar-refractivity contribution in [2.45, 2.75) is 19.8 Å². The van der Waals surface area contributed by atoms with E-state index in [-0.39, 0.29) is 0 Å². The van der Waals surface area contributed by atoms with Crippen molar-refractivity contribution in [2.24, 2.45) is 0 Å². The summed E-state index contributed by atoms with van der Waals surface area (Å²) in [7, 11) is 0. The molecule has 0 aliphatic heterocycles. The Kier molecular flexibility index (Phi) is 6.33. The maximum atomic E-state index is 11.0. The number of hydrogen-bond donors (Lipinski definition) is 1. The second-order valence-electron chi connectivity index (χ2n) is 6.79. The Bertz CT molecular complexity index is 972. The van der Waals surface area contributed by atoms with Gasteiger partial charge in [-0.2, -0.15) is 0 Å². The summed E-state index contributed by atoms with van der Waals surface area (Å²) in [6.45, 7) is 5.07. The van der Waals surface area contributed by atoms with Gasteiger partial charge in [0.05, 0.1) is 0 Å². The second kappa shape index (κ2) is 9.09. The number of ether oxygens (including phenoxy) is 2. The van der Waals surface area contributed by atoms with Gasteiger partial charge in [0.2, 0.25) is 0 Å². The number of carboxylic acids is 1. The number of fused-ring (bicyclic) bond motifs is 1. The van der Waals surface area contributed by atoms with Crippen molar-refractivity contribution in [3.05, 3.63) is 77.9 Å². The van der Waals surface area contributed by atoms with E-state index < -0.39 is 5.97 Å². The second-order valence-corrected chi connectivity index (χ2v) is 6.79. The molecule has 4 heteroatoms. The van der Waals surface area contributed by atoms with Crippen molar-refractivity contribution in [1.29, 1.82) is 0 Å². The Balaban J connectivity index is 1.68. The van der Waals surface area contributed by atoms with Crippen molar-refractivity contribution in [3.63, 3.8) is 0 Å². The van der Waals surface area contributed by atoms with Crippen LogP contribution in [0.3, 0.4) is 0 Å². The maximum absolute atomic E-state index is 11.0. The van der Waals surface area contributed by atoms with Crippen LogP contribution in [0.15, 0.2) is 66.7 Å². The molecular formula is C24H24O4. The largest absolute Gasteiger partial charge is 0.490 e. The molecule has 1 N–H and O–H groups in total. The Hall–Kier alpha value is -3.27. The Morgan fingerprint density at radius 3 is 2.39 bits per heavy atom. The monoisotopic (exact) mass is 376 g/mol. The molecule has 0 heterocycles. The third kappa shape index (κ3) is 4.92. The van der Waals surface area contributed by atoms with E-state index in [9.17, 15) is 4.79 Å². The smallest absolute Gasteiger partial charge is 0.328 e. The van der Waals surface area contributed by atoms with Crippen LogP contribution in [0.2, 0.25) is 0 Å². The molecule has 4 nitrogen and oxygen atoms in total. The molecule has 0 unspecified atom stereocenters. The fourth-order valence-electron chi connectivity index (χ4n) is 2.99. The average Bonchev–Trinajstić information content (AvgIpc) is 2.70. The zero-order chi connectivity index (χ0) is 19.9. The summed E-state index contributed by atoms with van der Waals surface area (Å²) in [5.74, 6) is 0.932. The molecule has 0 amide bonds. The molecule has 0 aromatic heterocycles. The van der Waals surface area contributed by atoms with Gasteiger partial charge >= 0.3 is 5.97 Å². The molecule has 0 saturated heterocycles. The molecule has 0 spiro atoms. The van der Waals surface area contributed by atoms with E-state index in [4.69, 9.17) is 14.6 Å². The summed E-state index contributed by atoms with van der Waals surface area (Å²) >= 11 is 0. The lowest BCUT2D eigenvalue weighted by Crippen LogP contribution is -2.09. The van der Waals surface area contributed by atoms with Crippen LogP contribution < -0.4 is 9.47 Å². The molecular weight excluding hydrogens is 352 g/mol. The predicted molar refractivity (Wildman–Crippen MR) is 112 cm³/mol. The SMILES string of the molecule is CC(C)c1ccc(OCCOc2ccc3ccccc3c2C=CC(=O)O)cc1. The topological polar surface area (TPSA) is 55.8 Å². The van der Waals surface area contributed by atoms with Crippen LogP contribution in [0.5, 0.6) is 11.5 Å². The van der Waals surface area contributed by atoms with E-state index in [1.54, 1.807) is 6.08 Å². The summed E-state index contributed by atoms with van der Waals surface area (Å²) in [5.41, 5.74) is 2.02. The van der Waals surface area contributed by atoms with Gasteiger partial charge in [0.25, 0.3) is 0 Å². The average molecular weight is 376 g/mol. The van der Waals surface area contributed by atoms with Gasteiger partial charge < -0.3 is 14.6 Å². The van der Waals surface area contributed by atoms with E-state index in [0.29, 0.717) is 24.9 Å². The summed E-state index contributed by atoms with van der Waals surface area (Å²) in [6.07, 6.45) is 2.70. The normalized spacial score (nSPS) is 11.2. The van der Waals surface area contributed by atoms with Crippen molar-refractivity contribution in [1.82, 2.24) is 0 Å². The van der Waals surface area contributed by atoms with Crippen molar-refractivity contribution >= 4 is 22.8 Å². The first-order valence-electron chi connectivity index (χ1n) is 9.33. The van der Waals surface area contributed by atoms with E-state index in [0.717, 1.165) is 28.2 Å². The molecule has 3 rings (SSSR count). The number of aliphatic carboxylic acids is 1. The first kappa shape index (κ1) is 19.5. The Morgan fingerprint density at radius 1 is 0.964 bits per heavy atom. The molecule has 0 radical (unpaired) electrons. The van der Waals surface area contributed by atoms with Gasteiger partial charge in [-0.25, -0.2) is 4.79 Å². The minimum Gasteiger partial charge on any atom is -0.490 e. The van der Waals surface area contributed by atoms with E-state index in [1.807, 2.05) is 48.5 Å². The van der Waals surface area contributed by atoms with Gasteiger partial charge in [0.1, 0.15) is 24.7 Å². The maximum Gasteiger partial charge on any atom is 0.328 e. The van der Waals surface area contributed by atoms with E-state index in [1.165, 1.54) is 5.56 Å². The highest BCUT2D eigenvalue weighted by atomic mass is 16.5.